The Balaban J connectivity index is 1.98. The third-order valence-corrected chi connectivity index (χ3v) is 4.01. The number of fused-ring (bicyclic) bond motifs is 1. The molecule has 2 rings (SSSR count). The topological polar surface area (TPSA) is 87.3 Å². The van der Waals surface area contributed by atoms with Gasteiger partial charge in [-0.25, -0.2) is 9.78 Å². The number of nitrogens with one attached hydrogen (secondary N) is 2. The molecule has 0 fully saturated rings. The lowest BCUT2D eigenvalue weighted by Crippen LogP contribution is -2.46. The summed E-state index contributed by atoms with van der Waals surface area (Å²) in [6.07, 6.45) is 0.268. The Kier molecular flexibility index (Phi) is 5.87. The molecule has 1 amide bonds. The van der Waals surface area contributed by atoms with E-state index in [-0.39, 0.29) is 17.5 Å². The average Bonchev–Trinajstić information content (AvgIpc) is 2.44. The molecule has 0 aromatic carbocycles. The number of aromatic amines is 1. The maximum absolute atomic E-state index is 12.2. The van der Waals surface area contributed by atoms with Crippen LogP contribution >= 0.6 is 0 Å². The smallest absolute Gasteiger partial charge is 0.407 e. The fourth-order valence-electron chi connectivity index (χ4n) is 2.88. The van der Waals surface area contributed by atoms with E-state index in [1.165, 1.54) is 0 Å². The van der Waals surface area contributed by atoms with Gasteiger partial charge in [0.1, 0.15) is 11.4 Å². The summed E-state index contributed by atoms with van der Waals surface area (Å²) < 4.78 is 5.29. The van der Waals surface area contributed by atoms with E-state index in [1.807, 2.05) is 41.5 Å². The lowest BCUT2D eigenvalue weighted by Gasteiger charge is -2.30. The van der Waals surface area contributed by atoms with Gasteiger partial charge in [-0.3, -0.25) is 9.69 Å². The van der Waals surface area contributed by atoms with E-state index in [0.29, 0.717) is 19.5 Å². The van der Waals surface area contributed by atoms with Crippen LogP contribution in [-0.2, 0) is 17.7 Å². The van der Waals surface area contributed by atoms with E-state index in [0.717, 1.165) is 23.6 Å². The molecule has 0 bridgehead atoms. The van der Waals surface area contributed by atoms with Crippen molar-refractivity contribution in [1.29, 1.82) is 0 Å². The molecule has 0 radical (unpaired) electrons. The molecule has 25 heavy (non-hydrogen) atoms. The molecule has 0 saturated heterocycles. The molecule has 1 aliphatic heterocycles. The lowest BCUT2D eigenvalue weighted by molar-refractivity contribution is 0.0495. The van der Waals surface area contributed by atoms with Gasteiger partial charge in [0.15, 0.2) is 0 Å². The second-order valence-corrected chi connectivity index (χ2v) is 8.06. The highest BCUT2D eigenvalue weighted by atomic mass is 16.6. The van der Waals surface area contributed by atoms with Gasteiger partial charge in [0.2, 0.25) is 0 Å². The van der Waals surface area contributed by atoms with Crippen molar-refractivity contribution in [2.45, 2.75) is 72.1 Å². The van der Waals surface area contributed by atoms with Crippen LogP contribution in [-0.4, -0.2) is 45.7 Å². The Morgan fingerprint density at radius 2 is 2.04 bits per heavy atom. The summed E-state index contributed by atoms with van der Waals surface area (Å²) in [5.74, 6) is 0.909. The average molecular weight is 350 g/mol. The number of ether oxygens (including phenoxy) is 1. The molecule has 140 valence electrons. The Bertz CT molecular complexity index is 676. The third kappa shape index (κ3) is 5.56. The first kappa shape index (κ1) is 19.4. The van der Waals surface area contributed by atoms with Crippen molar-refractivity contribution >= 4 is 6.09 Å². The van der Waals surface area contributed by atoms with Gasteiger partial charge in [-0.05, 0) is 34.1 Å². The first-order chi connectivity index (χ1) is 11.5. The number of H-pyrrole nitrogens is 1. The largest absolute Gasteiger partial charge is 0.444 e. The van der Waals surface area contributed by atoms with Gasteiger partial charge in [0.05, 0.1) is 5.69 Å². The molecule has 1 aromatic heterocycles. The van der Waals surface area contributed by atoms with E-state index in [4.69, 9.17) is 4.74 Å². The molecule has 2 heterocycles. The molecule has 2 N–H and O–H groups in total. The van der Waals surface area contributed by atoms with Crippen LogP contribution in [0.1, 0.15) is 64.5 Å². The second-order valence-electron chi connectivity index (χ2n) is 8.06. The third-order valence-electron chi connectivity index (χ3n) is 4.01. The van der Waals surface area contributed by atoms with E-state index in [2.05, 4.69) is 20.2 Å². The van der Waals surface area contributed by atoms with Gasteiger partial charge in [0.25, 0.3) is 5.56 Å². The van der Waals surface area contributed by atoms with Gasteiger partial charge in [-0.2, -0.15) is 0 Å². The van der Waals surface area contributed by atoms with Gasteiger partial charge in [-0.1, -0.05) is 13.8 Å². The van der Waals surface area contributed by atoms with Crippen molar-refractivity contribution in [2.24, 2.45) is 0 Å². The molecule has 7 heteroatoms. The zero-order valence-electron chi connectivity index (χ0n) is 16.1. The van der Waals surface area contributed by atoms with Crippen LogP contribution < -0.4 is 10.9 Å². The summed E-state index contributed by atoms with van der Waals surface area (Å²) in [6.45, 7) is 13.6. The summed E-state index contributed by atoms with van der Waals surface area (Å²) in [7, 11) is 0. The first-order valence-electron chi connectivity index (χ1n) is 8.89. The summed E-state index contributed by atoms with van der Waals surface area (Å²) in [6, 6.07) is -0.0528. The summed E-state index contributed by atoms with van der Waals surface area (Å²) >= 11 is 0. The van der Waals surface area contributed by atoms with Gasteiger partial charge < -0.3 is 15.0 Å². The molecule has 1 unspecified atom stereocenters. The molecule has 1 aliphatic rings. The molecular weight excluding hydrogens is 320 g/mol. The molecule has 1 atom stereocenters. The quantitative estimate of drug-likeness (QED) is 0.869. The second kappa shape index (κ2) is 7.56. The zero-order chi connectivity index (χ0) is 18.8. The Labute approximate surface area is 149 Å². The van der Waals surface area contributed by atoms with Crippen LogP contribution in [0.25, 0.3) is 0 Å². The predicted molar refractivity (Wildman–Crippen MR) is 96.8 cm³/mol. The van der Waals surface area contributed by atoms with Crippen LogP contribution in [0.5, 0.6) is 0 Å². The van der Waals surface area contributed by atoms with Crippen LogP contribution in [0.2, 0.25) is 0 Å². The van der Waals surface area contributed by atoms with Crippen molar-refractivity contribution < 1.29 is 9.53 Å². The minimum Gasteiger partial charge on any atom is -0.444 e. The highest BCUT2D eigenvalue weighted by Crippen LogP contribution is 2.16. The van der Waals surface area contributed by atoms with Crippen LogP contribution in [0, 0.1) is 0 Å². The standard InChI is InChI=1S/C18H30N4O3/c1-11(2)15-20-14-10-22(8-7-13(14)16(23)21-15)9-12(3)19-17(24)25-18(4,5)6/h11-12H,7-10H2,1-6H3,(H,19,24)(H,20,21,23). The number of carbonyl (C=O) groups is 1. The van der Waals surface area contributed by atoms with E-state index in [1.54, 1.807) is 0 Å². The van der Waals surface area contributed by atoms with Crippen LogP contribution in [0.15, 0.2) is 4.79 Å². The Hall–Kier alpha value is -1.89. The molecule has 7 nitrogen and oxygen atoms in total. The number of carbonyl (C=O) groups excluding carboxylic acids is 1. The normalized spacial score (nSPS) is 16.4. The number of hydrogen-bond donors (Lipinski definition) is 2. The van der Waals surface area contributed by atoms with E-state index >= 15 is 0 Å². The van der Waals surface area contributed by atoms with Crippen molar-refractivity contribution in [3.8, 4) is 0 Å². The first-order valence-corrected chi connectivity index (χ1v) is 8.89. The minimum atomic E-state index is -0.508. The highest BCUT2D eigenvalue weighted by Gasteiger charge is 2.24. The maximum atomic E-state index is 12.2. The number of hydrogen-bond acceptors (Lipinski definition) is 5. The van der Waals surface area contributed by atoms with Crippen molar-refractivity contribution in [3.05, 3.63) is 27.4 Å². The fourth-order valence-corrected chi connectivity index (χ4v) is 2.88. The number of nitrogens with zero attached hydrogens (tertiary/aromatic N) is 2. The van der Waals surface area contributed by atoms with Crippen LogP contribution in [0.3, 0.4) is 0 Å². The molecule has 0 aliphatic carbocycles. The molecule has 0 saturated carbocycles. The minimum absolute atomic E-state index is 0.0201. The van der Waals surface area contributed by atoms with E-state index in [9.17, 15) is 9.59 Å². The SMILES string of the molecule is CC(CN1CCc2c(nc(C(C)C)[nH]c2=O)C1)NC(=O)OC(C)(C)C. The molecule has 1 aromatic rings. The monoisotopic (exact) mass is 350 g/mol. The fraction of sp³-hybridized carbons (Fsp3) is 0.722. The number of amides is 1. The lowest BCUT2D eigenvalue weighted by atomic mass is 10.0. The Morgan fingerprint density at radius 1 is 1.36 bits per heavy atom. The number of aromatic nitrogens is 2. The summed E-state index contributed by atoms with van der Waals surface area (Å²) in [4.78, 5) is 33.8. The number of rotatable bonds is 4. The zero-order valence-corrected chi connectivity index (χ0v) is 16.1. The summed E-state index contributed by atoms with van der Waals surface area (Å²) in [5, 5.41) is 2.86. The van der Waals surface area contributed by atoms with Gasteiger partial charge in [-0.15, -0.1) is 0 Å². The van der Waals surface area contributed by atoms with Crippen LogP contribution in [0.4, 0.5) is 4.79 Å². The predicted octanol–water partition coefficient (Wildman–Crippen LogP) is 2.16. The van der Waals surface area contributed by atoms with Crippen molar-refractivity contribution in [2.75, 3.05) is 13.1 Å². The summed E-state index contributed by atoms with van der Waals surface area (Å²) in [5.41, 5.74) is 1.11. The maximum Gasteiger partial charge on any atom is 0.407 e. The molecular formula is C18H30N4O3. The van der Waals surface area contributed by atoms with E-state index < -0.39 is 11.7 Å². The van der Waals surface area contributed by atoms with Crippen molar-refractivity contribution in [1.82, 2.24) is 20.2 Å². The highest BCUT2D eigenvalue weighted by molar-refractivity contribution is 5.68. The van der Waals surface area contributed by atoms with Crippen molar-refractivity contribution in [3.63, 3.8) is 0 Å². The number of alkyl carbamates (subject to hydrolysis) is 1. The van der Waals surface area contributed by atoms with Gasteiger partial charge in [0, 0.05) is 37.2 Å². The van der Waals surface area contributed by atoms with Gasteiger partial charge >= 0.3 is 6.09 Å². The molecule has 0 spiro atoms. The Morgan fingerprint density at radius 3 is 2.64 bits per heavy atom.